The van der Waals surface area contributed by atoms with E-state index in [9.17, 15) is 23.1 Å². The molecule has 1 aromatic carbocycles. The van der Waals surface area contributed by atoms with Crippen LogP contribution in [0.4, 0.5) is 13.2 Å². The van der Waals surface area contributed by atoms with Crippen LogP contribution in [0.15, 0.2) is 54.9 Å². The number of aromatic nitrogens is 4. The predicted octanol–water partition coefficient (Wildman–Crippen LogP) is 4.51. The van der Waals surface area contributed by atoms with Crippen LogP contribution in [0, 0.1) is 6.92 Å². The van der Waals surface area contributed by atoms with Crippen molar-refractivity contribution in [1.29, 1.82) is 0 Å². The lowest BCUT2D eigenvalue weighted by atomic mass is 10.1. The van der Waals surface area contributed by atoms with E-state index in [0.717, 1.165) is 10.7 Å². The fourth-order valence-electron chi connectivity index (χ4n) is 3.19. The number of aryl methyl sites for hydroxylation is 1. The maximum atomic E-state index is 13.5. The lowest BCUT2D eigenvalue weighted by Crippen LogP contribution is -2.12. The SMILES string of the molecule is Cc1nn(-c2ccccc2C(F)(F)F)c2nc(-c3cccnc3)cc(C(=O)O)c12. The van der Waals surface area contributed by atoms with E-state index in [1.807, 2.05) is 0 Å². The zero-order valence-corrected chi connectivity index (χ0v) is 15.0. The standard InChI is InChI=1S/C20H13F3N4O2/c1-11-17-13(19(28)29)9-15(12-5-4-8-24-10-12)25-18(17)27(26-11)16-7-3-2-6-14(16)20(21,22)23/h2-10H,1H3,(H,28,29). The van der Waals surface area contributed by atoms with Crippen molar-refractivity contribution < 1.29 is 23.1 Å². The third kappa shape index (κ3) is 3.20. The van der Waals surface area contributed by atoms with E-state index < -0.39 is 17.7 Å². The van der Waals surface area contributed by atoms with Gasteiger partial charge in [0.25, 0.3) is 0 Å². The number of carboxylic acid groups (broad SMARTS) is 1. The normalized spacial score (nSPS) is 11.7. The van der Waals surface area contributed by atoms with Crippen LogP contribution in [-0.4, -0.2) is 30.8 Å². The number of hydrogen-bond donors (Lipinski definition) is 1. The first kappa shape index (κ1) is 18.6. The minimum atomic E-state index is -4.61. The minimum absolute atomic E-state index is 0.0259. The Morgan fingerprint density at radius 2 is 1.90 bits per heavy atom. The molecule has 0 bridgehead atoms. The Morgan fingerprint density at radius 1 is 1.14 bits per heavy atom. The van der Waals surface area contributed by atoms with Gasteiger partial charge in [0, 0.05) is 18.0 Å². The Bertz CT molecular complexity index is 1230. The summed E-state index contributed by atoms with van der Waals surface area (Å²) in [5, 5.41) is 14.1. The number of nitrogens with zero attached hydrogens (tertiary/aromatic N) is 4. The maximum Gasteiger partial charge on any atom is 0.418 e. The molecule has 0 saturated carbocycles. The van der Waals surface area contributed by atoms with Gasteiger partial charge in [-0.25, -0.2) is 14.5 Å². The van der Waals surface area contributed by atoms with Gasteiger partial charge in [-0.05, 0) is 37.3 Å². The summed E-state index contributed by atoms with van der Waals surface area (Å²) in [4.78, 5) is 20.3. The summed E-state index contributed by atoms with van der Waals surface area (Å²) in [6.07, 6.45) is -1.56. The van der Waals surface area contributed by atoms with Crippen LogP contribution in [0.3, 0.4) is 0 Å². The second-order valence-corrected chi connectivity index (χ2v) is 6.31. The van der Waals surface area contributed by atoms with E-state index in [-0.39, 0.29) is 33.7 Å². The molecule has 1 N–H and O–H groups in total. The van der Waals surface area contributed by atoms with Gasteiger partial charge in [-0.2, -0.15) is 18.3 Å². The van der Waals surface area contributed by atoms with E-state index in [1.165, 1.54) is 37.4 Å². The number of carbonyl (C=O) groups is 1. The second-order valence-electron chi connectivity index (χ2n) is 6.31. The molecule has 0 unspecified atom stereocenters. The summed E-state index contributed by atoms with van der Waals surface area (Å²) in [6.45, 7) is 1.53. The van der Waals surface area contributed by atoms with Gasteiger partial charge in [0.15, 0.2) is 5.65 Å². The number of pyridine rings is 2. The summed E-state index contributed by atoms with van der Waals surface area (Å²) in [5.74, 6) is -1.23. The Morgan fingerprint density at radius 3 is 2.55 bits per heavy atom. The average Bonchev–Trinajstić information content (AvgIpc) is 3.04. The molecule has 0 spiro atoms. The number of rotatable bonds is 3. The molecule has 4 rings (SSSR count). The van der Waals surface area contributed by atoms with Crippen molar-refractivity contribution in [2.75, 3.05) is 0 Å². The highest BCUT2D eigenvalue weighted by Gasteiger charge is 2.34. The lowest BCUT2D eigenvalue weighted by molar-refractivity contribution is -0.137. The summed E-state index contributed by atoms with van der Waals surface area (Å²) in [7, 11) is 0. The average molecular weight is 398 g/mol. The van der Waals surface area contributed by atoms with E-state index >= 15 is 0 Å². The van der Waals surface area contributed by atoms with Gasteiger partial charge >= 0.3 is 12.1 Å². The molecule has 0 amide bonds. The van der Waals surface area contributed by atoms with Gasteiger partial charge in [0.1, 0.15) is 0 Å². The number of alkyl halides is 3. The summed E-state index contributed by atoms with van der Waals surface area (Å²) < 4.78 is 41.6. The zero-order chi connectivity index (χ0) is 20.8. The van der Waals surface area contributed by atoms with E-state index in [0.29, 0.717) is 5.56 Å². The van der Waals surface area contributed by atoms with Crippen LogP contribution in [0.1, 0.15) is 21.6 Å². The molecular formula is C20H13F3N4O2. The smallest absolute Gasteiger partial charge is 0.418 e. The fourth-order valence-corrected chi connectivity index (χ4v) is 3.19. The third-order valence-corrected chi connectivity index (χ3v) is 4.44. The number of hydrogen-bond acceptors (Lipinski definition) is 4. The van der Waals surface area contributed by atoms with Gasteiger partial charge in [-0.15, -0.1) is 0 Å². The maximum absolute atomic E-state index is 13.5. The number of fused-ring (bicyclic) bond motifs is 1. The zero-order valence-electron chi connectivity index (χ0n) is 15.0. The van der Waals surface area contributed by atoms with Gasteiger partial charge in [0.05, 0.1) is 33.6 Å². The summed E-state index contributed by atoms with van der Waals surface area (Å²) in [5.41, 5.74) is -0.125. The quantitative estimate of drug-likeness (QED) is 0.549. The van der Waals surface area contributed by atoms with Crippen LogP contribution >= 0.6 is 0 Å². The fraction of sp³-hybridized carbons (Fsp3) is 0.100. The van der Waals surface area contributed by atoms with Crippen LogP contribution < -0.4 is 0 Å². The molecule has 146 valence electrons. The first-order valence-corrected chi connectivity index (χ1v) is 8.48. The largest absolute Gasteiger partial charge is 0.478 e. The molecule has 0 radical (unpaired) electrons. The molecule has 3 aromatic heterocycles. The molecule has 0 atom stereocenters. The molecule has 29 heavy (non-hydrogen) atoms. The molecule has 0 aliphatic rings. The Kier molecular flexibility index (Phi) is 4.30. The van der Waals surface area contributed by atoms with E-state index in [2.05, 4.69) is 15.1 Å². The minimum Gasteiger partial charge on any atom is -0.478 e. The van der Waals surface area contributed by atoms with Crippen molar-refractivity contribution in [1.82, 2.24) is 19.7 Å². The summed E-state index contributed by atoms with van der Waals surface area (Å²) in [6, 6.07) is 9.66. The molecule has 4 aromatic rings. The van der Waals surface area contributed by atoms with Gasteiger partial charge in [-0.3, -0.25) is 4.98 Å². The highest BCUT2D eigenvalue weighted by Crippen LogP contribution is 2.36. The van der Waals surface area contributed by atoms with Crippen LogP contribution in [0.5, 0.6) is 0 Å². The third-order valence-electron chi connectivity index (χ3n) is 4.44. The molecule has 0 saturated heterocycles. The lowest BCUT2D eigenvalue weighted by Gasteiger charge is -2.13. The first-order valence-electron chi connectivity index (χ1n) is 8.48. The van der Waals surface area contributed by atoms with E-state index in [4.69, 9.17) is 0 Å². The molecular weight excluding hydrogens is 385 g/mol. The molecule has 0 aliphatic carbocycles. The monoisotopic (exact) mass is 398 g/mol. The Hall–Kier alpha value is -3.75. The van der Waals surface area contributed by atoms with Crippen LogP contribution in [0.2, 0.25) is 0 Å². The summed E-state index contributed by atoms with van der Waals surface area (Å²) >= 11 is 0. The highest BCUT2D eigenvalue weighted by molar-refractivity contribution is 6.04. The van der Waals surface area contributed by atoms with Crippen molar-refractivity contribution in [2.24, 2.45) is 0 Å². The van der Waals surface area contributed by atoms with E-state index in [1.54, 1.807) is 18.3 Å². The second kappa shape index (κ2) is 6.69. The van der Waals surface area contributed by atoms with Crippen molar-refractivity contribution in [2.45, 2.75) is 13.1 Å². The number of para-hydroxylation sites is 1. The van der Waals surface area contributed by atoms with Gasteiger partial charge < -0.3 is 5.11 Å². The Labute approximate surface area is 162 Å². The van der Waals surface area contributed by atoms with Crippen molar-refractivity contribution in [3.8, 4) is 16.9 Å². The number of carboxylic acids is 1. The van der Waals surface area contributed by atoms with Crippen LogP contribution in [-0.2, 0) is 6.18 Å². The van der Waals surface area contributed by atoms with Crippen molar-refractivity contribution in [3.05, 3.63) is 71.7 Å². The number of aromatic carboxylic acids is 1. The van der Waals surface area contributed by atoms with Gasteiger partial charge in [-0.1, -0.05) is 12.1 Å². The Balaban J connectivity index is 2.08. The van der Waals surface area contributed by atoms with Crippen molar-refractivity contribution >= 4 is 17.0 Å². The van der Waals surface area contributed by atoms with Crippen LogP contribution in [0.25, 0.3) is 28.0 Å². The topological polar surface area (TPSA) is 80.9 Å². The number of benzene rings is 1. The molecule has 9 heteroatoms. The first-order chi connectivity index (χ1) is 13.8. The van der Waals surface area contributed by atoms with Crippen molar-refractivity contribution in [3.63, 3.8) is 0 Å². The molecule has 3 heterocycles. The number of halogens is 3. The predicted molar refractivity (Wildman–Crippen MR) is 98.8 cm³/mol. The molecule has 6 nitrogen and oxygen atoms in total. The molecule has 0 aliphatic heterocycles. The van der Waals surface area contributed by atoms with Gasteiger partial charge in [0.2, 0.25) is 0 Å². The molecule has 0 fully saturated rings. The highest BCUT2D eigenvalue weighted by atomic mass is 19.4.